The number of rotatable bonds is 1. The molecule has 1 aromatic heterocycles. The molecule has 2 heterocycles. The van der Waals surface area contributed by atoms with Crippen LogP contribution in [-0.2, 0) is 9.59 Å². The summed E-state index contributed by atoms with van der Waals surface area (Å²) < 4.78 is 28.9. The molecule has 1 N–H and O–H groups in total. The Morgan fingerprint density at radius 3 is 2.76 bits per heavy atom. The Labute approximate surface area is 123 Å². The fourth-order valence-corrected chi connectivity index (χ4v) is 2.92. The quantitative estimate of drug-likeness (QED) is 0.649. The molecule has 1 fully saturated rings. The number of piperidine rings is 1. The van der Waals surface area contributed by atoms with Crippen LogP contribution in [0, 0.1) is 16.4 Å². The highest BCUT2D eigenvalue weighted by molar-refractivity contribution is 7.71. The molecule has 3 rings (SSSR count). The van der Waals surface area contributed by atoms with Gasteiger partial charge >= 0.3 is 0 Å². The fraction of sp³-hybridized carbons (Fsp3) is 0.308. The van der Waals surface area contributed by atoms with E-state index < -0.39 is 23.6 Å². The molecule has 5 nitrogen and oxygen atoms in total. The zero-order chi connectivity index (χ0) is 15.3. The lowest BCUT2D eigenvalue weighted by Gasteiger charge is -2.28. The van der Waals surface area contributed by atoms with Crippen molar-refractivity contribution >= 4 is 35.1 Å². The predicted molar refractivity (Wildman–Crippen MR) is 73.1 cm³/mol. The fourth-order valence-electron chi connectivity index (χ4n) is 2.59. The molecule has 1 aliphatic rings. The Morgan fingerprint density at radius 2 is 2.05 bits per heavy atom. The summed E-state index contributed by atoms with van der Waals surface area (Å²) in [6.07, 6.45) is 0.359. The van der Waals surface area contributed by atoms with E-state index in [0.29, 0.717) is 5.52 Å². The van der Waals surface area contributed by atoms with Gasteiger partial charge in [0.25, 0.3) is 5.91 Å². The van der Waals surface area contributed by atoms with Gasteiger partial charge in [-0.2, -0.15) is 0 Å². The Morgan fingerprint density at radius 1 is 1.33 bits per heavy atom. The summed E-state index contributed by atoms with van der Waals surface area (Å²) in [4.78, 5) is 27.5. The van der Waals surface area contributed by atoms with Gasteiger partial charge in [-0.25, -0.2) is 8.78 Å². The van der Waals surface area contributed by atoms with E-state index in [4.69, 9.17) is 12.2 Å². The number of likely N-dealkylation sites (tertiary alicyclic amines) is 1. The van der Waals surface area contributed by atoms with Crippen LogP contribution in [0.3, 0.4) is 0 Å². The summed E-state index contributed by atoms with van der Waals surface area (Å²) in [5.41, 5.74) is 0.229. The maximum atomic E-state index is 14.1. The molecule has 1 aromatic carbocycles. The lowest BCUT2D eigenvalue weighted by atomic mass is 10.0. The third-order valence-corrected chi connectivity index (χ3v) is 4.00. The number of H-pyrrole nitrogens is 1. The molecule has 0 radical (unpaired) electrons. The number of nitrogens with zero attached hydrogens (tertiary/aromatic N) is 2. The Balaban J connectivity index is 2.23. The molecule has 0 bridgehead atoms. The summed E-state index contributed by atoms with van der Waals surface area (Å²) in [6.45, 7) is 0. The SMILES string of the molecule is CN1C(=O)CCC(n2c(=S)[nH]c3ccc(F)c(F)c32)C1=O. The van der Waals surface area contributed by atoms with Crippen LogP contribution >= 0.6 is 12.2 Å². The van der Waals surface area contributed by atoms with Gasteiger partial charge in [0.05, 0.1) is 5.52 Å². The maximum absolute atomic E-state index is 14.1. The van der Waals surface area contributed by atoms with Gasteiger partial charge in [0.2, 0.25) is 5.91 Å². The van der Waals surface area contributed by atoms with Gasteiger partial charge in [-0.3, -0.25) is 14.5 Å². The van der Waals surface area contributed by atoms with Crippen LogP contribution in [0.15, 0.2) is 12.1 Å². The number of hydrogen-bond acceptors (Lipinski definition) is 3. The van der Waals surface area contributed by atoms with Crippen molar-refractivity contribution in [2.45, 2.75) is 18.9 Å². The van der Waals surface area contributed by atoms with E-state index in [2.05, 4.69) is 4.98 Å². The molecule has 1 unspecified atom stereocenters. The van der Waals surface area contributed by atoms with Crippen LogP contribution in [0.4, 0.5) is 8.78 Å². The lowest BCUT2D eigenvalue weighted by Crippen LogP contribution is -2.43. The van der Waals surface area contributed by atoms with Crippen molar-refractivity contribution in [1.82, 2.24) is 14.5 Å². The first-order chi connectivity index (χ1) is 9.91. The van der Waals surface area contributed by atoms with Crippen LogP contribution in [-0.4, -0.2) is 33.3 Å². The number of benzene rings is 1. The number of carbonyl (C=O) groups excluding carboxylic acids is 2. The van der Waals surface area contributed by atoms with Crippen molar-refractivity contribution in [3.05, 3.63) is 28.5 Å². The van der Waals surface area contributed by atoms with Gasteiger partial charge in [-0.1, -0.05) is 0 Å². The van der Waals surface area contributed by atoms with Gasteiger partial charge in [-0.05, 0) is 30.8 Å². The topological polar surface area (TPSA) is 58.1 Å². The van der Waals surface area contributed by atoms with E-state index in [-0.39, 0.29) is 29.0 Å². The highest BCUT2D eigenvalue weighted by Crippen LogP contribution is 2.29. The Kier molecular flexibility index (Phi) is 3.12. The van der Waals surface area contributed by atoms with Crippen LogP contribution in [0.5, 0.6) is 0 Å². The smallest absolute Gasteiger partial charge is 0.252 e. The molecule has 8 heteroatoms. The summed E-state index contributed by atoms with van der Waals surface area (Å²) in [5.74, 6) is -2.86. The summed E-state index contributed by atoms with van der Waals surface area (Å²) >= 11 is 5.12. The van der Waals surface area contributed by atoms with E-state index in [9.17, 15) is 18.4 Å². The highest BCUT2D eigenvalue weighted by Gasteiger charge is 2.34. The number of aromatic amines is 1. The second-order valence-corrected chi connectivity index (χ2v) is 5.29. The molecule has 0 spiro atoms. The minimum atomic E-state index is -1.06. The first kappa shape index (κ1) is 13.9. The average molecular weight is 311 g/mol. The van der Waals surface area contributed by atoms with E-state index >= 15 is 0 Å². The van der Waals surface area contributed by atoms with E-state index in [1.807, 2.05) is 0 Å². The molecule has 1 aliphatic heterocycles. The number of imide groups is 1. The Hall–Kier alpha value is -2.09. The minimum Gasteiger partial charge on any atom is -0.330 e. The molecular weight excluding hydrogens is 300 g/mol. The number of imidazole rings is 1. The van der Waals surface area contributed by atoms with Gasteiger partial charge < -0.3 is 9.55 Å². The average Bonchev–Trinajstić information content (AvgIpc) is 2.78. The van der Waals surface area contributed by atoms with Crippen molar-refractivity contribution in [1.29, 1.82) is 0 Å². The van der Waals surface area contributed by atoms with E-state index in [1.165, 1.54) is 17.7 Å². The number of nitrogens with one attached hydrogen (secondary N) is 1. The summed E-state index contributed by atoms with van der Waals surface area (Å²) in [5, 5.41) is 0. The summed E-state index contributed by atoms with van der Waals surface area (Å²) in [6, 6.07) is 1.54. The van der Waals surface area contributed by atoms with Crippen LogP contribution < -0.4 is 0 Å². The van der Waals surface area contributed by atoms with E-state index in [1.54, 1.807) is 0 Å². The molecule has 0 saturated carbocycles. The van der Waals surface area contributed by atoms with Crippen molar-refractivity contribution < 1.29 is 18.4 Å². The van der Waals surface area contributed by atoms with Gasteiger partial charge in [0.1, 0.15) is 11.6 Å². The van der Waals surface area contributed by atoms with Crippen molar-refractivity contribution in [3.8, 4) is 0 Å². The van der Waals surface area contributed by atoms with E-state index in [0.717, 1.165) is 11.0 Å². The number of hydrogen-bond donors (Lipinski definition) is 1. The van der Waals surface area contributed by atoms with Crippen LogP contribution in [0.25, 0.3) is 11.0 Å². The normalized spacial score (nSPS) is 19.6. The number of carbonyl (C=O) groups is 2. The second-order valence-electron chi connectivity index (χ2n) is 4.90. The molecule has 1 atom stereocenters. The number of aromatic nitrogens is 2. The van der Waals surface area contributed by atoms with Crippen molar-refractivity contribution in [2.24, 2.45) is 0 Å². The second kappa shape index (κ2) is 4.73. The largest absolute Gasteiger partial charge is 0.330 e. The third-order valence-electron chi connectivity index (χ3n) is 3.70. The third kappa shape index (κ3) is 1.98. The molecular formula is C13H11F2N3O2S. The number of fused-ring (bicyclic) bond motifs is 1. The molecule has 2 aromatic rings. The zero-order valence-electron chi connectivity index (χ0n) is 11.0. The van der Waals surface area contributed by atoms with Gasteiger partial charge in [0.15, 0.2) is 16.4 Å². The monoisotopic (exact) mass is 311 g/mol. The molecule has 0 aliphatic carbocycles. The number of amides is 2. The minimum absolute atomic E-state index is 0.0823. The van der Waals surface area contributed by atoms with Crippen LogP contribution in [0.2, 0.25) is 0 Å². The molecule has 2 amide bonds. The van der Waals surface area contributed by atoms with Gasteiger partial charge in [0, 0.05) is 13.5 Å². The standard InChI is InChI=1S/C13H11F2N3O2S/c1-17-9(19)5-4-8(12(17)20)18-11-7(16-13(18)21)3-2-6(14)10(11)15/h2-3,8H,4-5H2,1H3,(H,16,21). The van der Waals surface area contributed by atoms with Crippen molar-refractivity contribution in [2.75, 3.05) is 7.05 Å². The Bertz CT molecular complexity index is 827. The number of likely N-dealkylation sites (N-methyl/N-ethyl adjacent to an activating group) is 1. The molecule has 110 valence electrons. The van der Waals surface area contributed by atoms with Gasteiger partial charge in [-0.15, -0.1) is 0 Å². The number of halogens is 2. The lowest BCUT2D eigenvalue weighted by molar-refractivity contribution is -0.149. The predicted octanol–water partition coefficient (Wildman–Crippen LogP) is 2.30. The van der Waals surface area contributed by atoms with Crippen LogP contribution in [0.1, 0.15) is 18.9 Å². The summed E-state index contributed by atoms with van der Waals surface area (Å²) in [7, 11) is 1.37. The first-order valence-corrected chi connectivity index (χ1v) is 6.71. The molecule has 1 saturated heterocycles. The zero-order valence-corrected chi connectivity index (χ0v) is 11.8. The highest BCUT2D eigenvalue weighted by atomic mass is 32.1. The van der Waals surface area contributed by atoms with Crippen molar-refractivity contribution in [3.63, 3.8) is 0 Å². The first-order valence-electron chi connectivity index (χ1n) is 6.30. The molecule has 21 heavy (non-hydrogen) atoms. The maximum Gasteiger partial charge on any atom is 0.252 e.